The zero-order valence-electron chi connectivity index (χ0n) is 8.86. The highest BCUT2D eigenvalue weighted by Gasteiger charge is 2.19. The lowest BCUT2D eigenvalue weighted by atomic mass is 10.1. The van der Waals surface area contributed by atoms with Gasteiger partial charge in [0.1, 0.15) is 11.4 Å². The Morgan fingerprint density at radius 1 is 1.47 bits per heavy atom. The number of halogens is 1. The molecule has 0 aliphatic heterocycles. The van der Waals surface area contributed by atoms with Crippen molar-refractivity contribution in [2.45, 2.75) is 6.92 Å². The number of phenolic OH excluding ortho intramolecular Hbond substituents is 1. The lowest BCUT2D eigenvalue weighted by Gasteiger charge is -2.06. The fraction of sp³-hybridized carbons (Fsp3) is 0.100. The number of nitrogens with zero attached hydrogens (tertiary/aromatic N) is 2. The Kier molecular flexibility index (Phi) is 2.72. The van der Waals surface area contributed by atoms with Crippen LogP contribution in [0.1, 0.15) is 16.1 Å². The predicted molar refractivity (Wildman–Crippen MR) is 61.7 cm³/mol. The summed E-state index contributed by atoms with van der Waals surface area (Å²) in [4.78, 5) is 11.1. The predicted octanol–water partition coefficient (Wildman–Crippen LogP) is 1.24. The second-order valence-corrected chi connectivity index (χ2v) is 3.86. The van der Waals surface area contributed by atoms with Gasteiger partial charge in [-0.25, -0.2) is 0 Å². The largest absolute Gasteiger partial charge is 0.507 e. The summed E-state index contributed by atoms with van der Waals surface area (Å²) >= 11 is 5.85. The van der Waals surface area contributed by atoms with Gasteiger partial charge in [-0.05, 0) is 19.1 Å². The average molecular weight is 253 g/mol. The van der Waals surface area contributed by atoms with Crippen LogP contribution >= 0.6 is 11.6 Å². The third kappa shape index (κ3) is 1.83. The van der Waals surface area contributed by atoms with Gasteiger partial charge < -0.3 is 10.8 Å². The summed E-state index contributed by atoms with van der Waals surface area (Å²) in [6, 6.07) is 3.15. The number of H-pyrrole nitrogens is 1. The van der Waals surface area contributed by atoms with Crippen LogP contribution in [-0.2, 0) is 0 Å². The molecule has 1 amide bonds. The Balaban J connectivity index is 2.65. The maximum atomic E-state index is 11.1. The zero-order chi connectivity index (χ0) is 12.6. The summed E-state index contributed by atoms with van der Waals surface area (Å²) in [6.45, 7) is 1.66. The lowest BCUT2D eigenvalue weighted by Crippen LogP contribution is -2.12. The fourth-order valence-corrected chi connectivity index (χ4v) is 1.61. The van der Waals surface area contributed by atoms with Crippen LogP contribution in [0.25, 0.3) is 11.3 Å². The van der Waals surface area contributed by atoms with Crippen molar-refractivity contribution in [3.8, 4) is 17.0 Å². The number of aromatic hydroxyl groups is 1. The van der Waals surface area contributed by atoms with Crippen LogP contribution in [0.15, 0.2) is 12.1 Å². The number of hydrogen-bond donors (Lipinski definition) is 3. The van der Waals surface area contributed by atoms with E-state index in [-0.39, 0.29) is 17.1 Å². The minimum Gasteiger partial charge on any atom is -0.507 e. The topological polar surface area (TPSA) is 105 Å². The summed E-state index contributed by atoms with van der Waals surface area (Å²) in [5.74, 6) is -0.769. The third-order valence-electron chi connectivity index (χ3n) is 2.40. The number of aromatic amines is 1. The van der Waals surface area contributed by atoms with E-state index in [9.17, 15) is 9.90 Å². The molecular weight excluding hydrogens is 244 g/mol. The number of carbonyl (C=O) groups is 1. The van der Waals surface area contributed by atoms with E-state index >= 15 is 0 Å². The molecule has 17 heavy (non-hydrogen) atoms. The van der Waals surface area contributed by atoms with E-state index in [2.05, 4.69) is 15.4 Å². The molecule has 0 unspecified atom stereocenters. The molecule has 1 heterocycles. The smallest absolute Gasteiger partial charge is 0.271 e. The number of nitrogens with one attached hydrogen (secondary N) is 1. The summed E-state index contributed by atoms with van der Waals surface area (Å²) in [5, 5.41) is 20.1. The van der Waals surface area contributed by atoms with Crippen LogP contribution in [-0.4, -0.2) is 26.4 Å². The minimum atomic E-state index is -0.722. The fourth-order valence-electron chi connectivity index (χ4n) is 1.46. The first-order valence-electron chi connectivity index (χ1n) is 4.71. The van der Waals surface area contributed by atoms with Crippen molar-refractivity contribution in [3.63, 3.8) is 0 Å². The van der Waals surface area contributed by atoms with E-state index < -0.39 is 5.91 Å². The maximum absolute atomic E-state index is 11.1. The Morgan fingerprint density at radius 3 is 2.82 bits per heavy atom. The SMILES string of the molecule is Cc1c(Cl)ccc(-c2n[nH]nc2C(N)=O)c1O. The van der Waals surface area contributed by atoms with Crippen molar-refractivity contribution in [2.75, 3.05) is 0 Å². The summed E-state index contributed by atoms with van der Waals surface area (Å²) < 4.78 is 0. The highest BCUT2D eigenvalue weighted by atomic mass is 35.5. The number of phenols is 1. The molecule has 2 rings (SSSR count). The maximum Gasteiger partial charge on any atom is 0.271 e. The molecule has 6 nitrogen and oxygen atoms in total. The van der Waals surface area contributed by atoms with Crippen LogP contribution < -0.4 is 5.73 Å². The summed E-state index contributed by atoms with van der Waals surface area (Å²) in [6.07, 6.45) is 0. The molecule has 1 aromatic heterocycles. The van der Waals surface area contributed by atoms with Crippen LogP contribution in [0.4, 0.5) is 0 Å². The number of hydrogen-bond acceptors (Lipinski definition) is 4. The van der Waals surface area contributed by atoms with Crippen molar-refractivity contribution >= 4 is 17.5 Å². The molecule has 0 radical (unpaired) electrons. The van der Waals surface area contributed by atoms with E-state index in [1.54, 1.807) is 19.1 Å². The monoisotopic (exact) mass is 252 g/mol. The van der Waals surface area contributed by atoms with Gasteiger partial charge in [0.25, 0.3) is 5.91 Å². The van der Waals surface area contributed by atoms with Crippen LogP contribution in [0, 0.1) is 6.92 Å². The second-order valence-electron chi connectivity index (χ2n) is 3.45. The number of benzene rings is 1. The lowest BCUT2D eigenvalue weighted by molar-refractivity contribution is 0.0996. The highest BCUT2D eigenvalue weighted by Crippen LogP contribution is 2.35. The molecule has 0 bridgehead atoms. The molecule has 0 spiro atoms. The number of primary amides is 1. The van der Waals surface area contributed by atoms with Gasteiger partial charge in [-0.3, -0.25) is 4.79 Å². The van der Waals surface area contributed by atoms with Crippen LogP contribution in [0.3, 0.4) is 0 Å². The normalized spacial score (nSPS) is 10.5. The molecule has 0 aliphatic carbocycles. The molecule has 88 valence electrons. The zero-order valence-corrected chi connectivity index (χ0v) is 9.62. The number of nitrogens with two attached hydrogens (primary N) is 1. The van der Waals surface area contributed by atoms with Gasteiger partial charge in [0, 0.05) is 16.1 Å². The first-order valence-corrected chi connectivity index (χ1v) is 5.09. The summed E-state index contributed by atoms with van der Waals surface area (Å²) in [5.41, 5.74) is 6.18. The van der Waals surface area contributed by atoms with Crippen molar-refractivity contribution in [1.29, 1.82) is 0 Å². The third-order valence-corrected chi connectivity index (χ3v) is 2.81. The number of amides is 1. The first kappa shape index (κ1) is 11.4. The molecule has 0 saturated carbocycles. The van der Waals surface area contributed by atoms with Gasteiger partial charge in [-0.1, -0.05) is 11.6 Å². The minimum absolute atomic E-state index is 0.0259. The standard InChI is InChI=1S/C10H9ClN4O2/c1-4-6(11)3-2-5(9(4)16)7-8(10(12)17)14-15-13-7/h2-3,16H,1H3,(H2,12,17)(H,13,14,15). The van der Waals surface area contributed by atoms with E-state index in [1.165, 1.54) is 0 Å². The Hall–Kier alpha value is -2.08. The Labute approximate surface area is 101 Å². The van der Waals surface area contributed by atoms with E-state index in [0.717, 1.165) is 0 Å². The molecule has 4 N–H and O–H groups in total. The van der Waals surface area contributed by atoms with E-state index in [0.29, 0.717) is 16.1 Å². The average Bonchev–Trinajstić information content (AvgIpc) is 2.75. The van der Waals surface area contributed by atoms with Crippen LogP contribution in [0.5, 0.6) is 5.75 Å². The van der Waals surface area contributed by atoms with Crippen molar-refractivity contribution < 1.29 is 9.90 Å². The number of aromatic nitrogens is 3. The van der Waals surface area contributed by atoms with Crippen molar-refractivity contribution in [3.05, 3.63) is 28.4 Å². The van der Waals surface area contributed by atoms with Gasteiger partial charge in [-0.15, -0.1) is 0 Å². The number of rotatable bonds is 2. The van der Waals surface area contributed by atoms with E-state index in [1.807, 2.05) is 0 Å². The van der Waals surface area contributed by atoms with Gasteiger partial charge in [-0.2, -0.15) is 15.4 Å². The van der Waals surface area contributed by atoms with E-state index in [4.69, 9.17) is 17.3 Å². The molecule has 0 fully saturated rings. The van der Waals surface area contributed by atoms with Crippen molar-refractivity contribution in [1.82, 2.24) is 15.4 Å². The second kappa shape index (κ2) is 4.06. The Morgan fingerprint density at radius 2 is 2.18 bits per heavy atom. The van der Waals surface area contributed by atoms with Crippen molar-refractivity contribution in [2.24, 2.45) is 5.73 Å². The molecule has 1 aromatic carbocycles. The highest BCUT2D eigenvalue weighted by molar-refractivity contribution is 6.31. The molecule has 0 atom stereocenters. The van der Waals surface area contributed by atoms with Gasteiger partial charge in [0.2, 0.25) is 0 Å². The Bertz CT molecular complexity index is 594. The summed E-state index contributed by atoms with van der Waals surface area (Å²) in [7, 11) is 0. The molecule has 0 aliphatic rings. The van der Waals surface area contributed by atoms with Gasteiger partial charge in [0.05, 0.1) is 0 Å². The quantitative estimate of drug-likeness (QED) is 0.748. The number of carbonyl (C=O) groups excluding carboxylic acids is 1. The van der Waals surface area contributed by atoms with Gasteiger partial charge in [0.15, 0.2) is 5.69 Å². The first-order chi connectivity index (χ1) is 8.02. The molecule has 7 heteroatoms. The molecular formula is C10H9ClN4O2. The van der Waals surface area contributed by atoms with Crippen LogP contribution in [0.2, 0.25) is 5.02 Å². The molecule has 2 aromatic rings. The van der Waals surface area contributed by atoms with Gasteiger partial charge >= 0.3 is 0 Å². The molecule has 0 saturated heterocycles.